The first-order valence-corrected chi connectivity index (χ1v) is 5.59. The second kappa shape index (κ2) is 4.97. The van der Waals surface area contributed by atoms with Crippen LogP contribution < -0.4 is 5.32 Å². The van der Waals surface area contributed by atoms with Gasteiger partial charge in [-0.05, 0) is 24.6 Å². The monoisotopic (exact) mass is 233 g/mol. The van der Waals surface area contributed by atoms with Crippen molar-refractivity contribution >= 4 is 16.8 Å². The number of aliphatic hydroxyl groups excluding tert-OH is 1. The van der Waals surface area contributed by atoms with E-state index in [1.807, 2.05) is 13.0 Å². The number of carbonyl (C=O) groups is 1. The van der Waals surface area contributed by atoms with Crippen molar-refractivity contribution in [1.29, 1.82) is 0 Å². The predicted molar refractivity (Wildman–Crippen MR) is 64.7 cm³/mol. The van der Waals surface area contributed by atoms with E-state index < -0.39 is 0 Å². The molecule has 1 aromatic heterocycles. The van der Waals surface area contributed by atoms with Gasteiger partial charge in [0.25, 0.3) is 5.91 Å². The summed E-state index contributed by atoms with van der Waals surface area (Å²) in [5.41, 5.74) is 1.47. The zero-order chi connectivity index (χ0) is 12.3. The van der Waals surface area contributed by atoms with Crippen LogP contribution in [0, 0.1) is 0 Å². The Labute approximate surface area is 98.8 Å². The molecule has 0 radical (unpaired) electrons. The molecule has 90 valence electrons. The van der Waals surface area contributed by atoms with Gasteiger partial charge in [0.1, 0.15) is 0 Å². The highest BCUT2D eigenvalue weighted by atomic mass is 16.3. The third-order valence-corrected chi connectivity index (χ3v) is 2.75. The Balaban J connectivity index is 2.18. The van der Waals surface area contributed by atoms with E-state index in [0.29, 0.717) is 12.0 Å². The third kappa shape index (κ3) is 2.45. The SMILES string of the molecule is CCC(CO)NC(=O)c1ccc2[nH]ncc2c1. The highest BCUT2D eigenvalue weighted by Crippen LogP contribution is 2.12. The van der Waals surface area contributed by atoms with Crippen LogP contribution in [0.25, 0.3) is 10.9 Å². The molecule has 2 aromatic rings. The maximum absolute atomic E-state index is 11.9. The van der Waals surface area contributed by atoms with E-state index in [1.165, 1.54) is 0 Å². The summed E-state index contributed by atoms with van der Waals surface area (Å²) >= 11 is 0. The fraction of sp³-hybridized carbons (Fsp3) is 0.333. The summed E-state index contributed by atoms with van der Waals surface area (Å²) in [4.78, 5) is 11.9. The van der Waals surface area contributed by atoms with E-state index in [0.717, 1.165) is 10.9 Å². The lowest BCUT2D eigenvalue weighted by atomic mass is 10.1. The summed E-state index contributed by atoms with van der Waals surface area (Å²) < 4.78 is 0. The van der Waals surface area contributed by atoms with E-state index >= 15 is 0 Å². The number of fused-ring (bicyclic) bond motifs is 1. The Hall–Kier alpha value is -1.88. The summed E-state index contributed by atoms with van der Waals surface area (Å²) in [5.74, 6) is -0.172. The highest BCUT2D eigenvalue weighted by Gasteiger charge is 2.11. The minimum absolute atomic E-state index is 0.0454. The number of amides is 1. The predicted octanol–water partition coefficient (Wildman–Crippen LogP) is 1.06. The van der Waals surface area contributed by atoms with Crippen LogP contribution in [0.15, 0.2) is 24.4 Å². The van der Waals surface area contributed by atoms with Gasteiger partial charge in [0.2, 0.25) is 0 Å². The molecule has 0 fully saturated rings. The highest BCUT2D eigenvalue weighted by molar-refractivity contribution is 5.97. The van der Waals surface area contributed by atoms with Crippen molar-refractivity contribution in [3.63, 3.8) is 0 Å². The van der Waals surface area contributed by atoms with Crippen LogP contribution in [0.4, 0.5) is 0 Å². The lowest BCUT2D eigenvalue weighted by Gasteiger charge is -2.13. The Morgan fingerprint density at radius 1 is 1.59 bits per heavy atom. The first kappa shape index (κ1) is 11.6. The number of aliphatic hydroxyl groups is 1. The number of carbonyl (C=O) groups excluding carboxylic acids is 1. The van der Waals surface area contributed by atoms with Crippen LogP contribution in [0.3, 0.4) is 0 Å². The van der Waals surface area contributed by atoms with E-state index in [-0.39, 0.29) is 18.6 Å². The molecule has 0 bridgehead atoms. The number of hydrogen-bond donors (Lipinski definition) is 3. The van der Waals surface area contributed by atoms with Gasteiger partial charge in [0, 0.05) is 10.9 Å². The molecule has 3 N–H and O–H groups in total. The van der Waals surface area contributed by atoms with Crippen molar-refractivity contribution in [2.45, 2.75) is 19.4 Å². The molecule has 0 aliphatic carbocycles. The maximum atomic E-state index is 11.9. The number of aromatic amines is 1. The Morgan fingerprint density at radius 2 is 2.41 bits per heavy atom. The summed E-state index contributed by atoms with van der Waals surface area (Å²) in [6, 6.07) is 5.14. The molecular formula is C12H15N3O2. The van der Waals surface area contributed by atoms with Crippen LogP contribution in [0.5, 0.6) is 0 Å². The zero-order valence-electron chi connectivity index (χ0n) is 9.60. The maximum Gasteiger partial charge on any atom is 0.251 e. The van der Waals surface area contributed by atoms with Crippen LogP contribution in [-0.4, -0.2) is 33.9 Å². The van der Waals surface area contributed by atoms with Gasteiger partial charge < -0.3 is 10.4 Å². The molecule has 2 rings (SSSR count). The van der Waals surface area contributed by atoms with Gasteiger partial charge in [0.15, 0.2) is 0 Å². The molecule has 0 saturated carbocycles. The molecule has 0 aliphatic rings. The van der Waals surface area contributed by atoms with Crippen LogP contribution in [0.2, 0.25) is 0 Å². The fourth-order valence-electron chi connectivity index (χ4n) is 1.63. The number of hydrogen-bond acceptors (Lipinski definition) is 3. The largest absolute Gasteiger partial charge is 0.394 e. The molecule has 1 atom stereocenters. The van der Waals surface area contributed by atoms with E-state index in [1.54, 1.807) is 18.3 Å². The topological polar surface area (TPSA) is 78.0 Å². The lowest BCUT2D eigenvalue weighted by Crippen LogP contribution is -2.36. The normalized spacial score (nSPS) is 12.6. The van der Waals surface area contributed by atoms with Crippen molar-refractivity contribution in [2.75, 3.05) is 6.61 Å². The Morgan fingerprint density at radius 3 is 3.12 bits per heavy atom. The van der Waals surface area contributed by atoms with E-state index in [4.69, 9.17) is 5.11 Å². The number of H-pyrrole nitrogens is 1. The minimum atomic E-state index is -0.192. The van der Waals surface area contributed by atoms with Gasteiger partial charge in [0.05, 0.1) is 24.4 Å². The second-order valence-corrected chi connectivity index (χ2v) is 3.93. The zero-order valence-corrected chi connectivity index (χ0v) is 9.60. The first-order chi connectivity index (χ1) is 8.24. The molecule has 1 aromatic carbocycles. The average molecular weight is 233 g/mol. The number of nitrogens with zero attached hydrogens (tertiary/aromatic N) is 1. The van der Waals surface area contributed by atoms with E-state index in [9.17, 15) is 4.79 Å². The Bertz CT molecular complexity index is 517. The smallest absolute Gasteiger partial charge is 0.251 e. The average Bonchev–Trinajstić information content (AvgIpc) is 2.82. The summed E-state index contributed by atoms with van der Waals surface area (Å²) in [6.45, 7) is 1.87. The molecule has 1 heterocycles. The van der Waals surface area contributed by atoms with Gasteiger partial charge in [-0.3, -0.25) is 9.89 Å². The molecule has 5 heteroatoms. The fourth-order valence-corrected chi connectivity index (χ4v) is 1.63. The Kier molecular flexibility index (Phi) is 3.39. The van der Waals surface area contributed by atoms with Crippen molar-refractivity contribution in [3.05, 3.63) is 30.0 Å². The van der Waals surface area contributed by atoms with Gasteiger partial charge >= 0.3 is 0 Å². The van der Waals surface area contributed by atoms with Crippen LogP contribution in [0.1, 0.15) is 23.7 Å². The van der Waals surface area contributed by atoms with Gasteiger partial charge in [-0.15, -0.1) is 0 Å². The standard InChI is InChI=1S/C12H15N3O2/c1-2-10(7-16)14-12(17)8-3-4-11-9(5-8)6-13-15-11/h3-6,10,16H,2,7H2,1H3,(H,13,15)(H,14,17). The summed E-state index contributed by atoms with van der Waals surface area (Å²) in [7, 11) is 0. The number of benzene rings is 1. The molecule has 5 nitrogen and oxygen atoms in total. The summed E-state index contributed by atoms with van der Waals surface area (Å²) in [5, 5.41) is 19.4. The third-order valence-electron chi connectivity index (χ3n) is 2.75. The van der Waals surface area contributed by atoms with Crippen LogP contribution >= 0.6 is 0 Å². The second-order valence-electron chi connectivity index (χ2n) is 3.93. The van der Waals surface area contributed by atoms with Crippen LogP contribution in [-0.2, 0) is 0 Å². The van der Waals surface area contributed by atoms with Crippen molar-refractivity contribution in [2.24, 2.45) is 0 Å². The number of aromatic nitrogens is 2. The number of nitrogens with one attached hydrogen (secondary N) is 2. The molecule has 17 heavy (non-hydrogen) atoms. The molecule has 1 amide bonds. The number of rotatable bonds is 4. The van der Waals surface area contributed by atoms with Crippen molar-refractivity contribution in [1.82, 2.24) is 15.5 Å². The van der Waals surface area contributed by atoms with Crippen molar-refractivity contribution < 1.29 is 9.90 Å². The summed E-state index contributed by atoms with van der Waals surface area (Å²) in [6.07, 6.45) is 2.38. The van der Waals surface area contributed by atoms with Gasteiger partial charge in [-0.2, -0.15) is 5.10 Å². The lowest BCUT2D eigenvalue weighted by molar-refractivity contribution is 0.0915. The van der Waals surface area contributed by atoms with Gasteiger partial charge in [-0.1, -0.05) is 6.92 Å². The minimum Gasteiger partial charge on any atom is -0.394 e. The van der Waals surface area contributed by atoms with E-state index in [2.05, 4.69) is 15.5 Å². The quantitative estimate of drug-likeness (QED) is 0.739. The molecular weight excluding hydrogens is 218 g/mol. The van der Waals surface area contributed by atoms with Crippen molar-refractivity contribution in [3.8, 4) is 0 Å². The first-order valence-electron chi connectivity index (χ1n) is 5.59. The molecule has 0 aliphatic heterocycles. The van der Waals surface area contributed by atoms with Gasteiger partial charge in [-0.25, -0.2) is 0 Å². The molecule has 0 spiro atoms. The molecule has 1 unspecified atom stereocenters. The molecule has 0 saturated heterocycles.